The number of rotatable bonds is 3. The molecule has 0 amide bonds. The van der Waals surface area contributed by atoms with Crippen molar-refractivity contribution in [1.82, 2.24) is 0 Å². The molecule has 0 nitrogen and oxygen atoms in total. The molecule has 1 aromatic carbocycles. The lowest BCUT2D eigenvalue weighted by Gasteiger charge is -2.42. The van der Waals surface area contributed by atoms with Crippen molar-refractivity contribution in [3.05, 3.63) is 34.9 Å². The maximum atomic E-state index is 13.9. The molecule has 2 saturated carbocycles. The largest absolute Gasteiger partial charge is 0.422 e. The SMILES string of the molecule is CCCC1CCC2CC(c3cc(F)c(C(F)(F)F)c(F)c3)CCC2C1. The topological polar surface area (TPSA) is 0 Å². The number of alkyl halides is 3. The molecule has 0 radical (unpaired) electrons. The van der Waals surface area contributed by atoms with Crippen LogP contribution in [0.4, 0.5) is 22.0 Å². The summed E-state index contributed by atoms with van der Waals surface area (Å²) in [7, 11) is 0. The highest BCUT2D eigenvalue weighted by Gasteiger charge is 2.40. The Hall–Kier alpha value is -1.13. The molecule has 0 saturated heterocycles. The summed E-state index contributed by atoms with van der Waals surface area (Å²) in [4.78, 5) is 0. The molecule has 2 aliphatic carbocycles. The van der Waals surface area contributed by atoms with Crippen LogP contribution in [-0.4, -0.2) is 0 Å². The minimum atomic E-state index is -5.00. The van der Waals surface area contributed by atoms with Crippen LogP contribution in [0.25, 0.3) is 0 Å². The Morgan fingerprint density at radius 3 is 2.12 bits per heavy atom. The van der Waals surface area contributed by atoms with Gasteiger partial charge in [0.2, 0.25) is 0 Å². The molecule has 0 N–H and O–H groups in total. The van der Waals surface area contributed by atoms with Crippen LogP contribution in [0.5, 0.6) is 0 Å². The number of hydrogen-bond donors (Lipinski definition) is 0. The lowest BCUT2D eigenvalue weighted by Crippen LogP contribution is -2.30. The van der Waals surface area contributed by atoms with E-state index in [1.807, 2.05) is 0 Å². The van der Waals surface area contributed by atoms with Crippen LogP contribution in [0.2, 0.25) is 0 Å². The summed E-state index contributed by atoms with van der Waals surface area (Å²) >= 11 is 0. The Balaban J connectivity index is 1.73. The predicted octanol–water partition coefficient (Wildman–Crippen LogP) is 7.08. The van der Waals surface area contributed by atoms with Gasteiger partial charge in [-0.2, -0.15) is 13.2 Å². The quantitative estimate of drug-likeness (QED) is 0.505. The lowest BCUT2D eigenvalue weighted by molar-refractivity contribution is -0.142. The van der Waals surface area contributed by atoms with Crippen molar-refractivity contribution in [3.8, 4) is 0 Å². The van der Waals surface area contributed by atoms with E-state index in [1.165, 1.54) is 25.7 Å². The number of hydrogen-bond acceptors (Lipinski definition) is 0. The molecule has 4 atom stereocenters. The van der Waals surface area contributed by atoms with Gasteiger partial charge in [0.25, 0.3) is 0 Å². The summed E-state index contributed by atoms with van der Waals surface area (Å²) in [6, 6.07) is 1.80. The van der Waals surface area contributed by atoms with Crippen LogP contribution < -0.4 is 0 Å². The molecule has 3 rings (SSSR count). The third-order valence-electron chi connectivity index (χ3n) is 6.24. The second-order valence-electron chi connectivity index (χ2n) is 7.86. The molecule has 2 aliphatic rings. The van der Waals surface area contributed by atoms with Crippen molar-refractivity contribution in [1.29, 1.82) is 0 Å². The van der Waals surface area contributed by atoms with E-state index in [0.717, 1.165) is 43.7 Å². The highest BCUT2D eigenvalue weighted by atomic mass is 19.4. The maximum Gasteiger partial charge on any atom is 0.422 e. The van der Waals surface area contributed by atoms with Crippen LogP contribution in [0, 0.1) is 29.4 Å². The van der Waals surface area contributed by atoms with Gasteiger partial charge < -0.3 is 0 Å². The van der Waals surface area contributed by atoms with E-state index in [-0.39, 0.29) is 5.92 Å². The normalized spacial score (nSPS) is 30.2. The van der Waals surface area contributed by atoms with E-state index in [0.29, 0.717) is 17.4 Å². The van der Waals surface area contributed by atoms with Crippen molar-refractivity contribution in [2.75, 3.05) is 0 Å². The van der Waals surface area contributed by atoms with E-state index in [4.69, 9.17) is 0 Å². The first-order valence-corrected chi connectivity index (χ1v) is 9.35. The first-order chi connectivity index (χ1) is 11.8. The van der Waals surface area contributed by atoms with Crippen molar-refractivity contribution in [3.63, 3.8) is 0 Å². The second-order valence-corrected chi connectivity index (χ2v) is 7.86. The molecule has 0 aromatic heterocycles. The van der Waals surface area contributed by atoms with E-state index in [2.05, 4.69) is 6.92 Å². The molecule has 5 heteroatoms. The Morgan fingerprint density at radius 1 is 0.920 bits per heavy atom. The van der Waals surface area contributed by atoms with Crippen molar-refractivity contribution in [2.45, 2.75) is 70.4 Å². The van der Waals surface area contributed by atoms with Gasteiger partial charge in [0.05, 0.1) is 0 Å². The summed E-state index contributed by atoms with van der Waals surface area (Å²) in [5.74, 6) is -1.00. The second kappa shape index (κ2) is 7.24. The average Bonchev–Trinajstić information content (AvgIpc) is 2.52. The first kappa shape index (κ1) is 18.7. The zero-order valence-corrected chi connectivity index (χ0v) is 14.5. The van der Waals surface area contributed by atoms with E-state index in [9.17, 15) is 22.0 Å². The molecule has 4 unspecified atom stereocenters. The van der Waals surface area contributed by atoms with E-state index >= 15 is 0 Å². The maximum absolute atomic E-state index is 13.9. The zero-order valence-electron chi connectivity index (χ0n) is 14.5. The van der Waals surface area contributed by atoms with Crippen molar-refractivity contribution >= 4 is 0 Å². The van der Waals surface area contributed by atoms with Crippen LogP contribution in [0.3, 0.4) is 0 Å². The van der Waals surface area contributed by atoms with Crippen LogP contribution in [0.1, 0.15) is 75.3 Å². The molecular weight excluding hydrogens is 335 g/mol. The Kier molecular flexibility index (Phi) is 5.40. The Bertz CT molecular complexity index is 584. The summed E-state index contributed by atoms with van der Waals surface area (Å²) < 4.78 is 65.9. The van der Waals surface area contributed by atoms with Gasteiger partial charge in [0.15, 0.2) is 0 Å². The van der Waals surface area contributed by atoms with Gasteiger partial charge >= 0.3 is 6.18 Å². The lowest BCUT2D eigenvalue weighted by atomic mass is 9.63. The van der Waals surface area contributed by atoms with E-state index in [1.54, 1.807) is 0 Å². The fraction of sp³-hybridized carbons (Fsp3) is 0.700. The first-order valence-electron chi connectivity index (χ1n) is 9.35. The molecule has 0 spiro atoms. The number of fused-ring (bicyclic) bond motifs is 1. The summed E-state index contributed by atoms with van der Waals surface area (Å²) in [6.07, 6.45) is 3.71. The number of benzene rings is 1. The summed E-state index contributed by atoms with van der Waals surface area (Å²) in [5.41, 5.74) is -1.39. The van der Waals surface area contributed by atoms with Gasteiger partial charge in [-0.25, -0.2) is 8.78 Å². The monoisotopic (exact) mass is 360 g/mol. The smallest absolute Gasteiger partial charge is 0.206 e. The van der Waals surface area contributed by atoms with Crippen molar-refractivity contribution in [2.24, 2.45) is 17.8 Å². The molecule has 0 heterocycles. The van der Waals surface area contributed by atoms with Gasteiger partial charge in [0, 0.05) is 0 Å². The zero-order chi connectivity index (χ0) is 18.2. The Morgan fingerprint density at radius 2 is 1.52 bits per heavy atom. The number of halogens is 5. The van der Waals surface area contributed by atoms with Gasteiger partial charge in [-0.3, -0.25) is 0 Å². The van der Waals surface area contributed by atoms with Gasteiger partial charge in [-0.15, -0.1) is 0 Å². The third-order valence-corrected chi connectivity index (χ3v) is 6.24. The fourth-order valence-electron chi connectivity index (χ4n) is 5.06. The van der Waals surface area contributed by atoms with Crippen LogP contribution >= 0.6 is 0 Å². The molecule has 140 valence electrons. The van der Waals surface area contributed by atoms with Gasteiger partial charge in [0.1, 0.15) is 17.2 Å². The standard InChI is InChI=1S/C20H25F5/c1-2-3-12-4-5-14-9-15(7-6-13(14)8-12)16-10-17(21)19(18(22)11-16)20(23,24)25/h10-15H,2-9H2,1H3. The van der Waals surface area contributed by atoms with Crippen LogP contribution in [-0.2, 0) is 6.18 Å². The fourth-order valence-corrected chi connectivity index (χ4v) is 5.06. The molecule has 25 heavy (non-hydrogen) atoms. The predicted molar refractivity (Wildman–Crippen MR) is 87.2 cm³/mol. The summed E-state index contributed by atoms with van der Waals surface area (Å²) in [5, 5.41) is 0. The minimum absolute atomic E-state index is 0.0322. The van der Waals surface area contributed by atoms with E-state index < -0.39 is 23.4 Å². The average molecular weight is 360 g/mol. The molecule has 1 aromatic rings. The molecule has 0 bridgehead atoms. The van der Waals surface area contributed by atoms with Crippen LogP contribution in [0.15, 0.2) is 12.1 Å². The Labute approximate surface area is 145 Å². The van der Waals surface area contributed by atoms with Crippen molar-refractivity contribution < 1.29 is 22.0 Å². The van der Waals surface area contributed by atoms with Gasteiger partial charge in [-0.05, 0) is 73.5 Å². The highest BCUT2D eigenvalue weighted by Crippen LogP contribution is 2.48. The third kappa shape index (κ3) is 4.01. The van der Waals surface area contributed by atoms with Gasteiger partial charge in [-0.1, -0.05) is 26.2 Å². The summed E-state index contributed by atoms with van der Waals surface area (Å²) in [6.45, 7) is 2.21. The molecule has 2 fully saturated rings. The molecular formula is C20H25F5. The minimum Gasteiger partial charge on any atom is -0.206 e. The molecule has 0 aliphatic heterocycles. The highest BCUT2D eigenvalue weighted by molar-refractivity contribution is 5.31.